The van der Waals surface area contributed by atoms with Crippen LogP contribution in [0.25, 0.3) is 10.2 Å². The molecule has 4 rings (SSSR count). The van der Waals surface area contributed by atoms with Gasteiger partial charge in [0.1, 0.15) is 10.7 Å². The molecule has 1 aliphatic rings. The van der Waals surface area contributed by atoms with Gasteiger partial charge in [-0.1, -0.05) is 26.0 Å². The highest BCUT2D eigenvalue weighted by Crippen LogP contribution is 2.37. The van der Waals surface area contributed by atoms with Crippen molar-refractivity contribution in [3.63, 3.8) is 0 Å². The minimum absolute atomic E-state index is 0.0514. The number of benzene rings is 1. The van der Waals surface area contributed by atoms with Gasteiger partial charge in [0, 0.05) is 12.2 Å². The van der Waals surface area contributed by atoms with Crippen LogP contribution in [0, 0.1) is 5.92 Å². The van der Waals surface area contributed by atoms with Gasteiger partial charge in [-0.2, -0.15) is 4.98 Å². The van der Waals surface area contributed by atoms with E-state index in [2.05, 4.69) is 23.8 Å². The van der Waals surface area contributed by atoms with Gasteiger partial charge in [-0.3, -0.25) is 4.79 Å². The average Bonchev–Trinajstić information content (AvgIpc) is 3.26. The first-order valence-corrected chi connectivity index (χ1v) is 10.1. The van der Waals surface area contributed by atoms with Crippen molar-refractivity contribution in [2.45, 2.75) is 39.2 Å². The Bertz CT molecular complexity index is 1010. The van der Waals surface area contributed by atoms with Crippen LogP contribution in [-0.2, 0) is 6.42 Å². The molecule has 1 amide bonds. The first-order valence-electron chi connectivity index (χ1n) is 9.28. The Kier molecular flexibility index (Phi) is 4.78. The van der Waals surface area contributed by atoms with Crippen LogP contribution in [0.4, 0.5) is 0 Å². The highest BCUT2D eigenvalue weighted by Gasteiger charge is 2.33. The Morgan fingerprint density at radius 2 is 2.15 bits per heavy atom. The maximum absolute atomic E-state index is 13.1. The number of fused-ring (bicyclic) bond motifs is 1. The van der Waals surface area contributed by atoms with Crippen LogP contribution in [0.3, 0.4) is 0 Å². The van der Waals surface area contributed by atoms with Crippen LogP contribution in [-0.4, -0.2) is 32.3 Å². The second-order valence-electron chi connectivity index (χ2n) is 7.37. The standard InChI is InChI=1S/C20H22N4O2S/c1-12(2)10-13-11-15(23-20(26)21-13)19(25)24-9-5-7-16(24)18-22-14-6-3-4-8-17(14)27-18/h3-4,6,8,11-12,16H,5,7,9-10H2,1-2H3,(H,21,23,26). The number of hydrogen-bond donors (Lipinski definition) is 1. The molecule has 27 heavy (non-hydrogen) atoms. The number of thiazole rings is 1. The molecule has 3 aromatic rings. The summed E-state index contributed by atoms with van der Waals surface area (Å²) in [6.45, 7) is 4.81. The largest absolute Gasteiger partial charge is 0.345 e. The average molecular weight is 382 g/mol. The second kappa shape index (κ2) is 7.23. The number of nitrogens with one attached hydrogen (secondary N) is 1. The summed E-state index contributed by atoms with van der Waals surface area (Å²) in [7, 11) is 0. The summed E-state index contributed by atoms with van der Waals surface area (Å²) in [5.41, 5.74) is 1.48. The fourth-order valence-electron chi connectivity index (χ4n) is 3.61. The summed E-state index contributed by atoms with van der Waals surface area (Å²) >= 11 is 1.63. The third-order valence-electron chi connectivity index (χ3n) is 4.76. The number of carbonyl (C=O) groups excluding carboxylic acids is 1. The fraction of sp³-hybridized carbons (Fsp3) is 0.400. The number of likely N-dealkylation sites (tertiary alicyclic amines) is 1. The Labute approximate surface area is 161 Å². The van der Waals surface area contributed by atoms with Crippen molar-refractivity contribution in [2.75, 3.05) is 6.54 Å². The molecule has 1 aliphatic heterocycles. The maximum atomic E-state index is 13.1. The van der Waals surface area contributed by atoms with Crippen molar-refractivity contribution in [1.29, 1.82) is 0 Å². The highest BCUT2D eigenvalue weighted by molar-refractivity contribution is 7.18. The van der Waals surface area contributed by atoms with E-state index in [4.69, 9.17) is 4.98 Å². The SMILES string of the molecule is CC(C)Cc1cc(C(=O)N2CCCC2c2nc3ccccc3s2)nc(=O)[nH]1. The van der Waals surface area contributed by atoms with Crippen molar-refractivity contribution >= 4 is 27.5 Å². The lowest BCUT2D eigenvalue weighted by molar-refractivity contribution is 0.0728. The van der Waals surface area contributed by atoms with Crippen LogP contribution in [0.5, 0.6) is 0 Å². The van der Waals surface area contributed by atoms with Crippen LogP contribution >= 0.6 is 11.3 Å². The van der Waals surface area contributed by atoms with E-state index in [1.807, 2.05) is 29.2 Å². The molecule has 0 bridgehead atoms. The molecule has 1 aromatic carbocycles. The Balaban J connectivity index is 1.64. The molecular formula is C20H22N4O2S. The topological polar surface area (TPSA) is 79.0 Å². The summed E-state index contributed by atoms with van der Waals surface area (Å²) in [5.74, 6) is 0.196. The molecule has 1 fully saturated rings. The third kappa shape index (κ3) is 3.64. The van der Waals surface area contributed by atoms with Gasteiger partial charge in [0.2, 0.25) is 0 Å². The summed E-state index contributed by atoms with van der Waals surface area (Å²) in [5, 5.41) is 0.953. The normalized spacial score (nSPS) is 17.1. The van der Waals surface area contributed by atoms with Gasteiger partial charge in [-0.05, 0) is 43.4 Å². The zero-order valence-corrected chi connectivity index (χ0v) is 16.3. The van der Waals surface area contributed by atoms with E-state index in [0.717, 1.165) is 33.8 Å². The highest BCUT2D eigenvalue weighted by atomic mass is 32.1. The molecule has 1 atom stereocenters. The predicted octanol–water partition coefficient (Wildman–Crippen LogP) is 3.56. The maximum Gasteiger partial charge on any atom is 0.345 e. The van der Waals surface area contributed by atoms with Gasteiger partial charge >= 0.3 is 5.69 Å². The number of para-hydroxylation sites is 1. The van der Waals surface area contributed by atoms with Crippen molar-refractivity contribution in [2.24, 2.45) is 5.92 Å². The zero-order chi connectivity index (χ0) is 19.0. The predicted molar refractivity (Wildman–Crippen MR) is 106 cm³/mol. The molecule has 1 N–H and O–H groups in total. The van der Waals surface area contributed by atoms with Crippen molar-refractivity contribution in [3.8, 4) is 0 Å². The van der Waals surface area contributed by atoms with Crippen molar-refractivity contribution < 1.29 is 4.79 Å². The monoisotopic (exact) mass is 382 g/mol. The van der Waals surface area contributed by atoms with Crippen molar-refractivity contribution in [1.82, 2.24) is 19.9 Å². The van der Waals surface area contributed by atoms with Gasteiger partial charge in [-0.15, -0.1) is 11.3 Å². The number of aromatic amines is 1. The molecule has 0 aliphatic carbocycles. The molecule has 0 saturated carbocycles. The number of nitrogens with zero attached hydrogens (tertiary/aromatic N) is 3. The second-order valence-corrected chi connectivity index (χ2v) is 8.43. The molecule has 3 heterocycles. The van der Waals surface area contributed by atoms with Crippen molar-refractivity contribution in [3.05, 3.63) is 57.2 Å². The molecule has 2 aromatic heterocycles. The van der Waals surface area contributed by atoms with E-state index in [9.17, 15) is 9.59 Å². The Morgan fingerprint density at radius 3 is 2.93 bits per heavy atom. The number of H-pyrrole nitrogens is 1. The fourth-order valence-corrected chi connectivity index (χ4v) is 4.73. The molecule has 6 nitrogen and oxygen atoms in total. The van der Waals surface area contributed by atoms with E-state index in [1.54, 1.807) is 17.4 Å². The number of amides is 1. The van der Waals surface area contributed by atoms with E-state index in [-0.39, 0.29) is 17.6 Å². The molecule has 7 heteroatoms. The first-order chi connectivity index (χ1) is 13.0. The van der Waals surface area contributed by atoms with E-state index < -0.39 is 5.69 Å². The van der Waals surface area contributed by atoms with E-state index in [1.165, 1.54) is 0 Å². The summed E-state index contributed by atoms with van der Waals surface area (Å²) in [6.07, 6.45) is 2.52. The minimum Gasteiger partial charge on any atom is -0.328 e. The van der Waals surface area contributed by atoms with Crippen LogP contribution in [0.2, 0.25) is 0 Å². The smallest absolute Gasteiger partial charge is 0.328 e. The van der Waals surface area contributed by atoms with E-state index in [0.29, 0.717) is 18.9 Å². The van der Waals surface area contributed by atoms with E-state index >= 15 is 0 Å². The Hall–Kier alpha value is -2.54. The van der Waals surface area contributed by atoms with Gasteiger partial charge in [0.25, 0.3) is 5.91 Å². The summed E-state index contributed by atoms with van der Waals surface area (Å²) in [6, 6.07) is 9.68. The van der Waals surface area contributed by atoms with Gasteiger partial charge in [0.05, 0.1) is 16.3 Å². The molecular weight excluding hydrogens is 360 g/mol. The number of hydrogen-bond acceptors (Lipinski definition) is 5. The first kappa shape index (κ1) is 17.9. The molecule has 0 radical (unpaired) electrons. The molecule has 0 spiro atoms. The molecule has 140 valence electrons. The number of aromatic nitrogens is 3. The minimum atomic E-state index is -0.466. The number of rotatable bonds is 4. The van der Waals surface area contributed by atoms with Crippen LogP contribution in [0.1, 0.15) is 53.9 Å². The lowest BCUT2D eigenvalue weighted by Crippen LogP contribution is -2.33. The number of carbonyl (C=O) groups is 1. The summed E-state index contributed by atoms with van der Waals surface area (Å²) in [4.78, 5) is 38.3. The third-order valence-corrected chi connectivity index (χ3v) is 5.89. The van der Waals surface area contributed by atoms with Crippen LogP contribution < -0.4 is 5.69 Å². The summed E-state index contributed by atoms with van der Waals surface area (Å²) < 4.78 is 1.13. The quantitative estimate of drug-likeness (QED) is 0.748. The van der Waals surface area contributed by atoms with Crippen LogP contribution in [0.15, 0.2) is 35.1 Å². The molecule has 1 saturated heterocycles. The Morgan fingerprint density at radius 1 is 1.33 bits per heavy atom. The molecule has 1 unspecified atom stereocenters. The van der Waals surface area contributed by atoms with Gasteiger partial charge < -0.3 is 9.88 Å². The zero-order valence-electron chi connectivity index (χ0n) is 15.4. The van der Waals surface area contributed by atoms with Gasteiger partial charge in [-0.25, -0.2) is 9.78 Å². The van der Waals surface area contributed by atoms with Gasteiger partial charge in [0.15, 0.2) is 0 Å². The lowest BCUT2D eigenvalue weighted by atomic mass is 10.1. The lowest BCUT2D eigenvalue weighted by Gasteiger charge is -2.22.